The molecule has 0 saturated carbocycles. The number of carbonyl (C=O) groups excluding carboxylic acids is 2. The molecule has 1 atom stereocenters. The lowest BCUT2D eigenvalue weighted by atomic mass is 10.1. The average Bonchev–Trinajstić information content (AvgIpc) is 3.20. The van der Waals surface area contributed by atoms with Gasteiger partial charge in [0.2, 0.25) is 12.7 Å². The second-order valence-electron chi connectivity index (χ2n) is 7.20. The van der Waals surface area contributed by atoms with Crippen LogP contribution in [0.25, 0.3) is 0 Å². The van der Waals surface area contributed by atoms with Crippen LogP contribution in [0.2, 0.25) is 0 Å². The van der Waals surface area contributed by atoms with Crippen LogP contribution in [0.5, 0.6) is 11.5 Å². The summed E-state index contributed by atoms with van der Waals surface area (Å²) in [4.78, 5) is 27.8. The zero-order chi connectivity index (χ0) is 19.7. The van der Waals surface area contributed by atoms with E-state index in [9.17, 15) is 9.59 Å². The van der Waals surface area contributed by atoms with Crippen molar-refractivity contribution in [1.82, 2.24) is 20.0 Å². The molecule has 1 aromatic carbocycles. The minimum Gasteiger partial charge on any atom is -0.454 e. The average molecular weight is 384 g/mol. The quantitative estimate of drug-likeness (QED) is 0.868. The van der Waals surface area contributed by atoms with Gasteiger partial charge in [-0.1, -0.05) is 0 Å². The lowest BCUT2D eigenvalue weighted by Gasteiger charge is -2.30. The maximum absolute atomic E-state index is 13.4. The molecule has 1 saturated heterocycles. The van der Waals surface area contributed by atoms with Gasteiger partial charge in [-0.25, -0.2) is 0 Å². The van der Waals surface area contributed by atoms with Crippen LogP contribution in [-0.4, -0.2) is 45.9 Å². The molecule has 0 radical (unpaired) electrons. The van der Waals surface area contributed by atoms with Crippen molar-refractivity contribution in [3.8, 4) is 11.5 Å². The first kappa shape index (κ1) is 18.3. The summed E-state index contributed by atoms with van der Waals surface area (Å²) in [6.45, 7) is 3.01. The third-order valence-electron chi connectivity index (χ3n) is 5.19. The summed E-state index contributed by atoms with van der Waals surface area (Å²) in [6.07, 6.45) is 2.44. The SMILES string of the molecule is Cc1cc(CN(C(=O)c2ccc3c(c2)OCO3)[C@H]2CCCCNC2=O)n(C)n1. The summed E-state index contributed by atoms with van der Waals surface area (Å²) in [5.41, 5.74) is 2.22. The van der Waals surface area contributed by atoms with Gasteiger partial charge in [0.15, 0.2) is 11.5 Å². The summed E-state index contributed by atoms with van der Waals surface area (Å²) in [7, 11) is 1.85. The summed E-state index contributed by atoms with van der Waals surface area (Å²) >= 11 is 0. The number of fused-ring (bicyclic) bond motifs is 1. The van der Waals surface area contributed by atoms with E-state index >= 15 is 0 Å². The molecule has 2 aliphatic rings. The third-order valence-corrected chi connectivity index (χ3v) is 5.19. The lowest BCUT2D eigenvalue weighted by Crippen LogP contribution is -2.48. The second-order valence-corrected chi connectivity index (χ2v) is 7.20. The Kier molecular flexibility index (Phi) is 4.93. The Morgan fingerprint density at radius 3 is 2.89 bits per heavy atom. The number of hydrogen-bond acceptors (Lipinski definition) is 5. The first-order valence-corrected chi connectivity index (χ1v) is 9.51. The van der Waals surface area contributed by atoms with E-state index in [1.807, 2.05) is 20.0 Å². The van der Waals surface area contributed by atoms with Crippen LogP contribution >= 0.6 is 0 Å². The third kappa shape index (κ3) is 3.54. The van der Waals surface area contributed by atoms with E-state index in [2.05, 4.69) is 10.4 Å². The van der Waals surface area contributed by atoms with E-state index in [1.54, 1.807) is 27.8 Å². The molecule has 3 heterocycles. The number of benzene rings is 1. The summed E-state index contributed by atoms with van der Waals surface area (Å²) in [6, 6.07) is 6.55. The van der Waals surface area contributed by atoms with E-state index in [1.165, 1.54) is 0 Å². The fourth-order valence-corrected chi connectivity index (χ4v) is 3.73. The summed E-state index contributed by atoms with van der Waals surface area (Å²) < 4.78 is 12.5. The minimum absolute atomic E-state index is 0.106. The van der Waals surface area contributed by atoms with Crippen LogP contribution in [-0.2, 0) is 18.4 Å². The van der Waals surface area contributed by atoms with Gasteiger partial charge in [-0.15, -0.1) is 0 Å². The topological polar surface area (TPSA) is 85.7 Å². The number of ether oxygens (including phenoxy) is 2. The molecule has 1 fully saturated rings. The van der Waals surface area contributed by atoms with Crippen molar-refractivity contribution in [3.05, 3.63) is 41.2 Å². The Hall–Kier alpha value is -3.03. The van der Waals surface area contributed by atoms with E-state index in [-0.39, 0.29) is 18.6 Å². The normalized spacial score (nSPS) is 18.5. The molecule has 0 bridgehead atoms. The van der Waals surface area contributed by atoms with Gasteiger partial charge in [0.1, 0.15) is 6.04 Å². The molecule has 0 aliphatic carbocycles. The zero-order valence-electron chi connectivity index (χ0n) is 16.1. The highest BCUT2D eigenvalue weighted by Gasteiger charge is 2.32. The van der Waals surface area contributed by atoms with Gasteiger partial charge in [0.25, 0.3) is 5.91 Å². The molecular formula is C20H24N4O4. The summed E-state index contributed by atoms with van der Waals surface area (Å²) in [5, 5.41) is 7.30. The first-order chi connectivity index (χ1) is 13.5. The number of carbonyl (C=O) groups is 2. The number of hydrogen-bond donors (Lipinski definition) is 1. The highest BCUT2D eigenvalue weighted by molar-refractivity contribution is 5.98. The summed E-state index contributed by atoms with van der Waals surface area (Å²) in [5.74, 6) is 0.856. The second kappa shape index (κ2) is 7.53. The van der Waals surface area contributed by atoms with Crippen LogP contribution in [0.1, 0.15) is 41.0 Å². The highest BCUT2D eigenvalue weighted by Crippen LogP contribution is 2.33. The lowest BCUT2D eigenvalue weighted by molar-refractivity contribution is -0.125. The fraction of sp³-hybridized carbons (Fsp3) is 0.450. The van der Waals surface area contributed by atoms with Crippen molar-refractivity contribution < 1.29 is 19.1 Å². The molecule has 2 amide bonds. The molecule has 8 heteroatoms. The monoisotopic (exact) mass is 384 g/mol. The van der Waals surface area contributed by atoms with Gasteiger partial charge >= 0.3 is 0 Å². The van der Waals surface area contributed by atoms with Crippen LogP contribution in [0, 0.1) is 6.92 Å². The van der Waals surface area contributed by atoms with Gasteiger partial charge in [-0.05, 0) is 50.5 Å². The number of aryl methyl sites for hydroxylation is 2. The van der Waals surface area contributed by atoms with Crippen molar-refractivity contribution in [2.45, 2.75) is 38.8 Å². The minimum atomic E-state index is -0.518. The van der Waals surface area contributed by atoms with Crippen molar-refractivity contribution in [3.63, 3.8) is 0 Å². The molecular weight excluding hydrogens is 360 g/mol. The number of rotatable bonds is 4. The largest absolute Gasteiger partial charge is 0.454 e. The van der Waals surface area contributed by atoms with Crippen LogP contribution in [0.15, 0.2) is 24.3 Å². The maximum Gasteiger partial charge on any atom is 0.255 e. The van der Waals surface area contributed by atoms with Gasteiger partial charge in [-0.3, -0.25) is 14.3 Å². The van der Waals surface area contributed by atoms with Crippen LogP contribution in [0.3, 0.4) is 0 Å². The van der Waals surface area contributed by atoms with Crippen molar-refractivity contribution in [2.75, 3.05) is 13.3 Å². The van der Waals surface area contributed by atoms with Gasteiger partial charge in [0.05, 0.1) is 17.9 Å². The van der Waals surface area contributed by atoms with E-state index in [4.69, 9.17) is 9.47 Å². The molecule has 1 aromatic heterocycles. The van der Waals surface area contributed by atoms with E-state index in [0.29, 0.717) is 36.6 Å². The van der Waals surface area contributed by atoms with Gasteiger partial charge in [0, 0.05) is 19.2 Å². The van der Waals surface area contributed by atoms with E-state index < -0.39 is 6.04 Å². The van der Waals surface area contributed by atoms with Crippen molar-refractivity contribution in [1.29, 1.82) is 0 Å². The maximum atomic E-state index is 13.4. The van der Waals surface area contributed by atoms with Crippen LogP contribution in [0.4, 0.5) is 0 Å². The molecule has 148 valence electrons. The number of nitrogens with one attached hydrogen (secondary N) is 1. The molecule has 2 aliphatic heterocycles. The molecule has 4 rings (SSSR count). The van der Waals surface area contributed by atoms with Crippen molar-refractivity contribution >= 4 is 11.8 Å². The van der Waals surface area contributed by atoms with E-state index in [0.717, 1.165) is 24.2 Å². The Labute approximate surface area is 163 Å². The standard InChI is InChI=1S/C20H24N4O4/c1-13-9-15(23(2)22-13)11-24(16-5-3-4-8-21-19(16)25)20(26)14-6-7-17-18(10-14)28-12-27-17/h6-7,9-10,16H,3-5,8,11-12H2,1-2H3,(H,21,25)/t16-/m0/s1. The van der Waals surface area contributed by atoms with Crippen LogP contribution < -0.4 is 14.8 Å². The molecule has 8 nitrogen and oxygen atoms in total. The number of amides is 2. The first-order valence-electron chi connectivity index (χ1n) is 9.51. The Balaban J connectivity index is 1.67. The Morgan fingerprint density at radius 1 is 1.29 bits per heavy atom. The smallest absolute Gasteiger partial charge is 0.255 e. The molecule has 2 aromatic rings. The Morgan fingerprint density at radius 2 is 2.11 bits per heavy atom. The fourth-order valence-electron chi connectivity index (χ4n) is 3.73. The predicted octanol–water partition coefficient (Wildman–Crippen LogP) is 1.77. The molecule has 28 heavy (non-hydrogen) atoms. The number of aromatic nitrogens is 2. The Bertz CT molecular complexity index is 908. The van der Waals surface area contributed by atoms with Gasteiger partial charge in [-0.2, -0.15) is 5.10 Å². The number of nitrogens with zero attached hydrogens (tertiary/aromatic N) is 3. The van der Waals surface area contributed by atoms with Gasteiger partial charge < -0.3 is 19.7 Å². The predicted molar refractivity (Wildman–Crippen MR) is 101 cm³/mol. The van der Waals surface area contributed by atoms with Crippen molar-refractivity contribution in [2.24, 2.45) is 7.05 Å². The molecule has 1 N–H and O–H groups in total. The zero-order valence-corrected chi connectivity index (χ0v) is 16.1. The molecule has 0 spiro atoms. The highest BCUT2D eigenvalue weighted by atomic mass is 16.7. The molecule has 0 unspecified atom stereocenters.